The number of aliphatic carboxylic acids is 1. The monoisotopic (exact) mass is 352 g/mol. The van der Waals surface area contributed by atoms with Gasteiger partial charge >= 0.3 is 5.97 Å². The van der Waals surface area contributed by atoms with Gasteiger partial charge in [0.15, 0.2) is 0 Å². The molecule has 0 spiro atoms. The van der Waals surface area contributed by atoms with Gasteiger partial charge in [-0.15, -0.1) is 0 Å². The first-order chi connectivity index (χ1) is 11.8. The van der Waals surface area contributed by atoms with Gasteiger partial charge in [0.2, 0.25) is 17.6 Å². The minimum atomic E-state index is -1.63. The maximum atomic E-state index is 14.6. The molecule has 0 bridgehead atoms. The number of nitrogens with one attached hydrogen (secondary N) is 1. The van der Waals surface area contributed by atoms with Crippen LogP contribution in [0.3, 0.4) is 0 Å². The Balaban J connectivity index is 1.97. The Morgan fingerprint density at radius 2 is 1.88 bits per heavy atom. The highest BCUT2D eigenvalue weighted by Crippen LogP contribution is 2.37. The SMILES string of the molecule is CNN1C2=CC(N3CCN(C)CC3)=C(F)CC2C(=O)C(=O)C1C(=O)O. The second kappa shape index (κ2) is 6.57. The van der Waals surface area contributed by atoms with Crippen LogP contribution in [0.2, 0.25) is 0 Å². The summed E-state index contributed by atoms with van der Waals surface area (Å²) in [6.07, 6.45) is 1.29. The van der Waals surface area contributed by atoms with Crippen LogP contribution in [-0.4, -0.2) is 83.8 Å². The summed E-state index contributed by atoms with van der Waals surface area (Å²) in [7, 11) is 3.46. The van der Waals surface area contributed by atoms with E-state index in [1.165, 1.54) is 18.1 Å². The highest BCUT2D eigenvalue weighted by molar-refractivity contribution is 6.44. The fourth-order valence-corrected chi connectivity index (χ4v) is 3.54. The van der Waals surface area contributed by atoms with Gasteiger partial charge in [-0.2, -0.15) is 0 Å². The molecule has 9 heteroatoms. The lowest BCUT2D eigenvalue weighted by Gasteiger charge is -2.42. The second-order valence-corrected chi connectivity index (χ2v) is 6.47. The molecule has 2 saturated heterocycles. The average molecular weight is 352 g/mol. The van der Waals surface area contributed by atoms with Gasteiger partial charge in [0.05, 0.1) is 11.6 Å². The van der Waals surface area contributed by atoms with Gasteiger partial charge < -0.3 is 14.9 Å². The van der Waals surface area contributed by atoms with Crippen LogP contribution in [-0.2, 0) is 14.4 Å². The van der Waals surface area contributed by atoms with E-state index in [0.717, 1.165) is 13.1 Å². The van der Waals surface area contributed by atoms with Crippen LogP contribution in [0.1, 0.15) is 6.42 Å². The molecule has 8 nitrogen and oxygen atoms in total. The zero-order valence-electron chi connectivity index (χ0n) is 14.2. The molecule has 2 atom stereocenters. The molecule has 3 aliphatic rings. The lowest BCUT2D eigenvalue weighted by atomic mass is 9.82. The Labute approximate surface area is 144 Å². The van der Waals surface area contributed by atoms with Crippen molar-refractivity contribution < 1.29 is 23.9 Å². The first-order valence-corrected chi connectivity index (χ1v) is 8.16. The smallest absolute Gasteiger partial charge is 0.336 e. The molecular formula is C16H21FN4O4. The minimum Gasteiger partial charge on any atom is -0.479 e. The van der Waals surface area contributed by atoms with Gasteiger partial charge in [-0.25, -0.2) is 14.6 Å². The first kappa shape index (κ1) is 17.6. The second-order valence-electron chi connectivity index (χ2n) is 6.47. The number of nitrogens with zero attached hydrogens (tertiary/aromatic N) is 3. The lowest BCUT2D eigenvalue weighted by Crippen LogP contribution is -2.60. The predicted molar refractivity (Wildman–Crippen MR) is 85.7 cm³/mol. The maximum Gasteiger partial charge on any atom is 0.336 e. The van der Waals surface area contributed by atoms with Crippen molar-refractivity contribution in [3.8, 4) is 0 Å². The van der Waals surface area contributed by atoms with E-state index >= 15 is 0 Å². The predicted octanol–water partition coefficient (Wildman–Crippen LogP) is -0.640. The molecule has 0 aromatic carbocycles. The van der Waals surface area contributed by atoms with Crippen molar-refractivity contribution >= 4 is 17.5 Å². The Morgan fingerprint density at radius 1 is 1.24 bits per heavy atom. The molecule has 3 rings (SSSR count). The number of halogens is 1. The molecule has 0 amide bonds. The third-order valence-electron chi connectivity index (χ3n) is 4.97. The normalized spacial score (nSPS) is 28.2. The molecule has 0 saturated carbocycles. The number of rotatable bonds is 3. The van der Waals surface area contributed by atoms with Gasteiger partial charge in [-0.05, 0) is 13.1 Å². The lowest BCUT2D eigenvalue weighted by molar-refractivity contribution is -0.156. The number of hydrogen-bond acceptors (Lipinski definition) is 7. The molecule has 25 heavy (non-hydrogen) atoms. The largest absolute Gasteiger partial charge is 0.479 e. The molecule has 0 aromatic rings. The summed E-state index contributed by atoms with van der Waals surface area (Å²) in [6, 6.07) is -1.63. The Morgan fingerprint density at radius 3 is 2.44 bits per heavy atom. The van der Waals surface area contributed by atoms with Crippen molar-refractivity contribution in [1.82, 2.24) is 20.2 Å². The van der Waals surface area contributed by atoms with Crippen molar-refractivity contribution in [2.45, 2.75) is 12.5 Å². The van der Waals surface area contributed by atoms with Gasteiger partial charge in [-0.1, -0.05) is 0 Å². The number of carbonyl (C=O) groups excluding carboxylic acids is 2. The average Bonchev–Trinajstić information content (AvgIpc) is 2.58. The number of allylic oxidation sites excluding steroid dienone is 3. The van der Waals surface area contributed by atoms with E-state index in [1.54, 1.807) is 0 Å². The fraction of sp³-hybridized carbons (Fsp3) is 0.562. The molecular weight excluding hydrogens is 331 g/mol. The van der Waals surface area contributed by atoms with Gasteiger partial charge in [0.25, 0.3) is 0 Å². The molecule has 0 aromatic heterocycles. The highest BCUT2D eigenvalue weighted by Gasteiger charge is 2.49. The molecule has 1 aliphatic carbocycles. The summed E-state index contributed by atoms with van der Waals surface area (Å²) in [5.74, 6) is -4.71. The Bertz CT molecular complexity index is 682. The molecule has 136 valence electrons. The van der Waals surface area contributed by atoms with E-state index in [1.807, 2.05) is 11.9 Å². The number of fused-ring (bicyclic) bond motifs is 1. The zero-order chi connectivity index (χ0) is 18.3. The van der Waals surface area contributed by atoms with Crippen LogP contribution < -0.4 is 5.43 Å². The van der Waals surface area contributed by atoms with E-state index in [9.17, 15) is 23.9 Å². The van der Waals surface area contributed by atoms with Crippen LogP contribution in [0.5, 0.6) is 0 Å². The van der Waals surface area contributed by atoms with Crippen molar-refractivity contribution in [2.24, 2.45) is 5.92 Å². The number of hydrazine groups is 1. The van der Waals surface area contributed by atoms with Gasteiger partial charge in [0, 0.05) is 45.3 Å². The topological polar surface area (TPSA) is 93.2 Å². The number of piperidine rings is 1. The van der Waals surface area contributed by atoms with E-state index < -0.39 is 35.3 Å². The standard InChI is InChI=1S/C16H21FN4O4/c1-18-21-11-8-12(20-5-3-19(2)4-6-20)10(17)7-9(11)14(22)15(23)13(21)16(24)25/h8-9,13,18H,3-7H2,1-2H3,(H,24,25). The van der Waals surface area contributed by atoms with Gasteiger partial charge in [-0.3, -0.25) is 14.6 Å². The van der Waals surface area contributed by atoms with Crippen molar-refractivity contribution in [3.05, 3.63) is 23.3 Å². The molecule has 2 unspecified atom stereocenters. The van der Waals surface area contributed by atoms with Crippen LogP contribution in [0, 0.1) is 5.92 Å². The number of ketones is 2. The summed E-state index contributed by atoms with van der Waals surface area (Å²) in [4.78, 5) is 39.9. The van der Waals surface area contributed by atoms with Crippen LogP contribution >= 0.6 is 0 Å². The number of carboxylic acids is 1. The van der Waals surface area contributed by atoms with Crippen LogP contribution in [0.4, 0.5) is 4.39 Å². The minimum absolute atomic E-state index is 0.220. The molecule has 2 aliphatic heterocycles. The summed E-state index contributed by atoms with van der Waals surface area (Å²) in [5, 5.41) is 10.5. The third-order valence-corrected chi connectivity index (χ3v) is 4.97. The highest BCUT2D eigenvalue weighted by atomic mass is 19.1. The van der Waals surface area contributed by atoms with Crippen molar-refractivity contribution in [3.63, 3.8) is 0 Å². The number of carboxylic acid groups (broad SMARTS) is 1. The number of hydrogen-bond donors (Lipinski definition) is 2. The molecule has 0 radical (unpaired) electrons. The van der Waals surface area contributed by atoms with Crippen LogP contribution in [0.25, 0.3) is 0 Å². The molecule has 2 fully saturated rings. The summed E-state index contributed by atoms with van der Waals surface area (Å²) >= 11 is 0. The van der Waals surface area contributed by atoms with E-state index in [0.29, 0.717) is 24.5 Å². The summed E-state index contributed by atoms with van der Waals surface area (Å²) in [5.41, 5.74) is 3.37. The maximum absolute atomic E-state index is 14.6. The Hall–Kier alpha value is -2.26. The molecule has 2 N–H and O–H groups in total. The fourth-order valence-electron chi connectivity index (χ4n) is 3.54. The van der Waals surface area contributed by atoms with E-state index in [4.69, 9.17) is 0 Å². The van der Waals surface area contributed by atoms with Gasteiger partial charge in [0.1, 0.15) is 5.83 Å². The van der Waals surface area contributed by atoms with E-state index in [-0.39, 0.29) is 6.42 Å². The number of carbonyl (C=O) groups is 3. The molecule has 2 heterocycles. The Kier molecular flexibility index (Phi) is 4.61. The quantitative estimate of drug-likeness (QED) is 0.512. The van der Waals surface area contributed by atoms with E-state index in [2.05, 4.69) is 10.3 Å². The van der Waals surface area contributed by atoms with Crippen molar-refractivity contribution in [1.29, 1.82) is 0 Å². The summed E-state index contributed by atoms with van der Waals surface area (Å²) < 4.78 is 14.6. The summed E-state index contributed by atoms with van der Waals surface area (Å²) in [6.45, 7) is 2.85. The number of likely N-dealkylation sites (N-methyl/N-ethyl adjacent to an activating group) is 1. The number of Topliss-reactive ketones (excluding diaryl/α,β-unsaturated/α-hetero) is 2. The zero-order valence-corrected chi connectivity index (χ0v) is 14.2. The first-order valence-electron chi connectivity index (χ1n) is 8.16. The van der Waals surface area contributed by atoms with Crippen molar-refractivity contribution in [2.75, 3.05) is 40.3 Å². The third kappa shape index (κ3) is 2.93. The number of piperazine rings is 1. The van der Waals surface area contributed by atoms with Crippen LogP contribution in [0.15, 0.2) is 23.3 Å².